The van der Waals surface area contributed by atoms with E-state index in [1.54, 1.807) is 6.07 Å². The second-order valence-electron chi connectivity index (χ2n) is 3.86. The largest absolute Gasteiger partial charge is 0.354 e. The molecule has 0 spiro atoms. The van der Waals surface area contributed by atoms with Gasteiger partial charge in [0.2, 0.25) is 0 Å². The van der Waals surface area contributed by atoms with Crippen LogP contribution >= 0.6 is 27.5 Å². The number of halogens is 2. The second-order valence-corrected chi connectivity index (χ2v) is 5.12. The molecule has 0 amide bonds. The molecule has 0 unspecified atom stereocenters. The van der Waals surface area contributed by atoms with Gasteiger partial charge in [0.1, 0.15) is 6.07 Å². The summed E-state index contributed by atoms with van der Waals surface area (Å²) in [6, 6.07) is 13.4. The fourth-order valence-corrected chi connectivity index (χ4v) is 2.08. The second kappa shape index (κ2) is 5.43. The lowest BCUT2D eigenvalue weighted by Gasteiger charge is -2.10. The third-order valence-electron chi connectivity index (χ3n) is 2.56. The molecule has 0 saturated heterocycles. The van der Waals surface area contributed by atoms with E-state index < -0.39 is 0 Å². The Balaban J connectivity index is 2.37. The Hall–Kier alpha value is -1.50. The van der Waals surface area contributed by atoms with Crippen molar-refractivity contribution in [1.29, 1.82) is 5.26 Å². The minimum atomic E-state index is 0.455. The molecular formula is C14H10BrClN2. The highest BCUT2D eigenvalue weighted by Gasteiger charge is 2.06. The molecule has 0 heterocycles. The van der Waals surface area contributed by atoms with Crippen molar-refractivity contribution in [2.75, 3.05) is 5.32 Å². The van der Waals surface area contributed by atoms with E-state index in [1.165, 1.54) is 0 Å². The molecule has 0 aromatic heterocycles. The number of rotatable bonds is 2. The highest BCUT2D eigenvalue weighted by molar-refractivity contribution is 9.10. The maximum Gasteiger partial charge on any atom is 0.103 e. The Kier molecular flexibility index (Phi) is 3.90. The maximum absolute atomic E-state index is 9.09. The first-order chi connectivity index (χ1) is 8.61. The normalized spacial score (nSPS) is 9.89. The third-order valence-corrected chi connectivity index (χ3v) is 3.77. The molecule has 0 aliphatic rings. The Morgan fingerprint density at radius 3 is 2.72 bits per heavy atom. The molecule has 0 aliphatic carbocycles. The topological polar surface area (TPSA) is 35.8 Å². The van der Waals surface area contributed by atoms with Gasteiger partial charge < -0.3 is 5.32 Å². The fraction of sp³-hybridized carbons (Fsp3) is 0.0714. The van der Waals surface area contributed by atoms with Crippen LogP contribution in [0.15, 0.2) is 40.9 Å². The fourth-order valence-electron chi connectivity index (χ4n) is 1.62. The summed E-state index contributed by atoms with van der Waals surface area (Å²) in [6.45, 7) is 2.01. The Labute approximate surface area is 119 Å². The molecule has 18 heavy (non-hydrogen) atoms. The van der Waals surface area contributed by atoms with Crippen molar-refractivity contribution in [3.63, 3.8) is 0 Å². The molecule has 0 atom stereocenters. The summed E-state index contributed by atoms with van der Waals surface area (Å²) in [5.74, 6) is 0. The summed E-state index contributed by atoms with van der Waals surface area (Å²) in [7, 11) is 0. The zero-order valence-corrected chi connectivity index (χ0v) is 12.0. The molecule has 2 aromatic carbocycles. The zero-order chi connectivity index (χ0) is 13.1. The third kappa shape index (κ3) is 2.66. The molecule has 0 fully saturated rings. The van der Waals surface area contributed by atoms with Gasteiger partial charge in [-0.25, -0.2) is 0 Å². The monoisotopic (exact) mass is 320 g/mol. The van der Waals surface area contributed by atoms with Crippen LogP contribution in [0, 0.1) is 18.3 Å². The van der Waals surface area contributed by atoms with Gasteiger partial charge >= 0.3 is 0 Å². The number of anilines is 2. The predicted octanol–water partition coefficient (Wildman–Crippen LogP) is 5.03. The van der Waals surface area contributed by atoms with Gasteiger partial charge in [-0.05, 0) is 42.8 Å². The van der Waals surface area contributed by atoms with Gasteiger partial charge in [0.05, 0.1) is 16.3 Å². The summed E-state index contributed by atoms with van der Waals surface area (Å²) in [5.41, 5.74) is 3.22. The molecular weight excluding hydrogens is 312 g/mol. The van der Waals surface area contributed by atoms with Gasteiger partial charge in [-0.1, -0.05) is 33.6 Å². The van der Waals surface area contributed by atoms with E-state index in [0.717, 1.165) is 15.7 Å². The van der Waals surface area contributed by atoms with Gasteiger partial charge in [-0.15, -0.1) is 0 Å². The number of nitrogens with zero attached hydrogens (tertiary/aromatic N) is 1. The van der Waals surface area contributed by atoms with Crippen molar-refractivity contribution < 1.29 is 0 Å². The lowest BCUT2D eigenvalue weighted by molar-refractivity contribution is 1.41. The van der Waals surface area contributed by atoms with Crippen LogP contribution in [0.25, 0.3) is 0 Å². The first-order valence-electron chi connectivity index (χ1n) is 5.33. The highest BCUT2D eigenvalue weighted by Crippen LogP contribution is 2.28. The molecule has 1 N–H and O–H groups in total. The molecule has 0 saturated carbocycles. The maximum atomic E-state index is 9.09. The summed E-state index contributed by atoms with van der Waals surface area (Å²) in [4.78, 5) is 0. The number of hydrogen-bond acceptors (Lipinski definition) is 2. The predicted molar refractivity (Wildman–Crippen MR) is 78.3 cm³/mol. The van der Waals surface area contributed by atoms with E-state index in [-0.39, 0.29) is 0 Å². The lowest BCUT2D eigenvalue weighted by Crippen LogP contribution is -1.94. The van der Waals surface area contributed by atoms with Gasteiger partial charge in [-0.2, -0.15) is 5.26 Å². The van der Waals surface area contributed by atoms with Gasteiger partial charge in [-0.3, -0.25) is 0 Å². The van der Waals surface area contributed by atoms with Crippen LogP contribution in [0.4, 0.5) is 11.4 Å². The molecule has 2 rings (SSSR count). The van der Waals surface area contributed by atoms with Gasteiger partial charge in [0.15, 0.2) is 0 Å². The average Bonchev–Trinajstić information content (AvgIpc) is 2.34. The molecule has 0 aliphatic heterocycles. The van der Waals surface area contributed by atoms with Crippen LogP contribution in [-0.2, 0) is 0 Å². The summed E-state index contributed by atoms with van der Waals surface area (Å²) >= 11 is 9.44. The van der Waals surface area contributed by atoms with E-state index >= 15 is 0 Å². The quantitative estimate of drug-likeness (QED) is 0.842. The van der Waals surface area contributed by atoms with Crippen LogP contribution in [0.1, 0.15) is 11.1 Å². The van der Waals surface area contributed by atoms with E-state index in [9.17, 15) is 0 Å². The molecule has 0 radical (unpaired) electrons. The standard InChI is InChI=1S/C14H10BrClN2/c1-9-7-10(5-6-12(9)15)18-14-4-2-3-13(16)11(14)8-17/h2-7,18H,1H3. The highest BCUT2D eigenvalue weighted by atomic mass is 79.9. The average molecular weight is 322 g/mol. The van der Waals surface area contributed by atoms with Crippen molar-refractivity contribution in [3.8, 4) is 6.07 Å². The minimum Gasteiger partial charge on any atom is -0.354 e. The number of nitriles is 1. The van der Waals surface area contributed by atoms with E-state index in [2.05, 4.69) is 27.3 Å². The van der Waals surface area contributed by atoms with Crippen LogP contribution in [-0.4, -0.2) is 0 Å². The van der Waals surface area contributed by atoms with E-state index in [0.29, 0.717) is 16.3 Å². The Morgan fingerprint density at radius 2 is 2.06 bits per heavy atom. The molecule has 2 aromatic rings. The van der Waals surface area contributed by atoms with E-state index in [4.69, 9.17) is 16.9 Å². The van der Waals surface area contributed by atoms with Crippen molar-refractivity contribution in [2.45, 2.75) is 6.92 Å². The Bertz CT molecular complexity index is 632. The van der Waals surface area contributed by atoms with Crippen LogP contribution < -0.4 is 5.32 Å². The molecule has 2 nitrogen and oxygen atoms in total. The summed E-state index contributed by atoms with van der Waals surface area (Å²) in [6.07, 6.45) is 0. The number of hydrogen-bond donors (Lipinski definition) is 1. The molecule has 4 heteroatoms. The van der Waals surface area contributed by atoms with Crippen molar-refractivity contribution in [2.24, 2.45) is 0 Å². The number of benzene rings is 2. The van der Waals surface area contributed by atoms with E-state index in [1.807, 2.05) is 37.3 Å². The van der Waals surface area contributed by atoms with Crippen molar-refractivity contribution in [3.05, 3.63) is 57.0 Å². The Morgan fingerprint density at radius 1 is 1.28 bits per heavy atom. The lowest BCUT2D eigenvalue weighted by atomic mass is 10.1. The van der Waals surface area contributed by atoms with Crippen LogP contribution in [0.2, 0.25) is 5.02 Å². The SMILES string of the molecule is Cc1cc(Nc2cccc(Cl)c2C#N)ccc1Br. The summed E-state index contributed by atoms with van der Waals surface area (Å²) in [5, 5.41) is 12.8. The summed E-state index contributed by atoms with van der Waals surface area (Å²) < 4.78 is 1.06. The first-order valence-corrected chi connectivity index (χ1v) is 6.50. The molecule has 90 valence electrons. The first kappa shape index (κ1) is 12.9. The zero-order valence-electron chi connectivity index (χ0n) is 9.67. The van der Waals surface area contributed by atoms with Crippen LogP contribution in [0.5, 0.6) is 0 Å². The van der Waals surface area contributed by atoms with Crippen molar-refractivity contribution in [1.82, 2.24) is 0 Å². The van der Waals surface area contributed by atoms with Crippen LogP contribution in [0.3, 0.4) is 0 Å². The van der Waals surface area contributed by atoms with Gasteiger partial charge in [0.25, 0.3) is 0 Å². The number of aryl methyl sites for hydroxylation is 1. The smallest absolute Gasteiger partial charge is 0.103 e. The molecule has 0 bridgehead atoms. The number of nitrogens with one attached hydrogen (secondary N) is 1. The van der Waals surface area contributed by atoms with Crippen molar-refractivity contribution >= 4 is 38.9 Å². The van der Waals surface area contributed by atoms with Gasteiger partial charge in [0, 0.05) is 10.2 Å². The minimum absolute atomic E-state index is 0.455.